The first-order valence-corrected chi connectivity index (χ1v) is 4.82. The highest BCUT2D eigenvalue weighted by molar-refractivity contribution is 6.62. The summed E-state index contributed by atoms with van der Waals surface area (Å²) in [5.74, 6) is -0.553. The normalized spacial score (nSPS) is 26.7. The molecular formula is C8H12ClNO3. The molecule has 2 fully saturated rings. The van der Waals surface area contributed by atoms with Crippen LogP contribution in [0.5, 0.6) is 0 Å². The second-order valence-electron chi connectivity index (χ2n) is 3.39. The zero-order valence-corrected chi connectivity index (χ0v) is 8.05. The molecule has 0 aliphatic carbocycles. The van der Waals surface area contributed by atoms with Gasteiger partial charge in [-0.05, 0) is 18.0 Å². The summed E-state index contributed by atoms with van der Waals surface area (Å²) in [4.78, 5) is 12.5. The molecule has 0 aromatic carbocycles. The van der Waals surface area contributed by atoms with Gasteiger partial charge in [-0.3, -0.25) is 4.79 Å². The van der Waals surface area contributed by atoms with Gasteiger partial charge in [-0.2, -0.15) is 0 Å². The van der Waals surface area contributed by atoms with Crippen LogP contribution in [0, 0.1) is 0 Å². The molecule has 0 radical (unpaired) electrons. The number of carbonyl (C=O) groups is 1. The van der Waals surface area contributed by atoms with Crippen LogP contribution in [-0.4, -0.2) is 42.4 Å². The van der Waals surface area contributed by atoms with Crippen LogP contribution in [0.3, 0.4) is 0 Å². The first-order chi connectivity index (χ1) is 6.22. The first kappa shape index (κ1) is 9.24. The Kier molecular flexibility index (Phi) is 2.45. The third-order valence-electron chi connectivity index (χ3n) is 2.48. The molecule has 1 spiro atoms. The van der Waals surface area contributed by atoms with E-state index in [2.05, 4.69) is 0 Å². The lowest BCUT2D eigenvalue weighted by molar-refractivity contribution is -0.182. The molecule has 0 saturated carbocycles. The van der Waals surface area contributed by atoms with Crippen LogP contribution < -0.4 is 0 Å². The first-order valence-electron chi connectivity index (χ1n) is 4.44. The molecule has 0 aromatic heterocycles. The van der Waals surface area contributed by atoms with E-state index in [1.165, 1.54) is 0 Å². The minimum atomic E-state index is -0.553. The topological polar surface area (TPSA) is 38.8 Å². The van der Waals surface area contributed by atoms with Crippen molar-refractivity contribution in [3.05, 3.63) is 0 Å². The summed E-state index contributed by atoms with van der Waals surface area (Å²) in [6.07, 6.45) is 1.74. The van der Waals surface area contributed by atoms with Crippen LogP contribution in [-0.2, 0) is 9.47 Å². The van der Waals surface area contributed by atoms with E-state index < -0.39 is 11.2 Å². The third-order valence-corrected chi connectivity index (χ3v) is 2.72. The Labute approximate surface area is 81.7 Å². The van der Waals surface area contributed by atoms with Crippen LogP contribution in [0.1, 0.15) is 12.8 Å². The van der Waals surface area contributed by atoms with E-state index in [4.69, 9.17) is 21.1 Å². The van der Waals surface area contributed by atoms with Gasteiger partial charge in [0.2, 0.25) is 0 Å². The minimum Gasteiger partial charge on any atom is -0.346 e. The van der Waals surface area contributed by atoms with Gasteiger partial charge in [-0.15, -0.1) is 0 Å². The van der Waals surface area contributed by atoms with Gasteiger partial charge in [0.1, 0.15) is 0 Å². The van der Waals surface area contributed by atoms with Crippen molar-refractivity contribution >= 4 is 17.0 Å². The quantitative estimate of drug-likeness (QED) is 0.441. The van der Waals surface area contributed by atoms with Crippen LogP contribution in [0.4, 0.5) is 4.79 Å². The lowest BCUT2D eigenvalue weighted by Crippen LogP contribution is -2.49. The van der Waals surface area contributed by atoms with Gasteiger partial charge in [-0.25, -0.2) is 0 Å². The Bertz CT molecular complexity index is 215. The van der Waals surface area contributed by atoms with Gasteiger partial charge >= 0.3 is 5.37 Å². The molecule has 2 rings (SSSR count). The standard InChI is InChI=1S/C8H12ClNO3/c9-7(11)10-3-1-2-8(6-10)12-4-5-13-8/h1-6H2. The molecule has 13 heavy (non-hydrogen) atoms. The van der Waals surface area contributed by atoms with E-state index in [0.717, 1.165) is 12.8 Å². The molecule has 2 saturated heterocycles. The van der Waals surface area contributed by atoms with Gasteiger partial charge in [0, 0.05) is 13.0 Å². The fraction of sp³-hybridized carbons (Fsp3) is 0.875. The average Bonchev–Trinajstić information content (AvgIpc) is 2.53. The Balaban J connectivity index is 2.02. The summed E-state index contributed by atoms with van der Waals surface area (Å²) in [5, 5.41) is -0.418. The molecular weight excluding hydrogens is 194 g/mol. The smallest absolute Gasteiger partial charge is 0.316 e. The molecule has 4 nitrogen and oxygen atoms in total. The van der Waals surface area contributed by atoms with Crippen LogP contribution in [0.2, 0.25) is 0 Å². The van der Waals surface area contributed by atoms with Gasteiger partial charge in [0.25, 0.3) is 0 Å². The van der Waals surface area contributed by atoms with Gasteiger partial charge < -0.3 is 14.4 Å². The second kappa shape index (κ2) is 3.44. The molecule has 2 heterocycles. The van der Waals surface area contributed by atoms with Crippen LogP contribution in [0.25, 0.3) is 0 Å². The van der Waals surface area contributed by atoms with Crippen molar-refractivity contribution in [2.24, 2.45) is 0 Å². The van der Waals surface area contributed by atoms with Crippen molar-refractivity contribution in [3.63, 3.8) is 0 Å². The fourth-order valence-electron chi connectivity index (χ4n) is 1.87. The molecule has 74 valence electrons. The lowest BCUT2D eigenvalue weighted by atomic mass is 10.1. The number of likely N-dealkylation sites (tertiary alicyclic amines) is 1. The summed E-state index contributed by atoms with van der Waals surface area (Å²) in [7, 11) is 0. The third kappa shape index (κ3) is 1.80. The minimum absolute atomic E-state index is 0.418. The van der Waals surface area contributed by atoms with Crippen molar-refractivity contribution in [2.45, 2.75) is 18.6 Å². The maximum absolute atomic E-state index is 10.9. The molecule has 2 aliphatic rings. The molecule has 0 N–H and O–H groups in total. The Morgan fingerprint density at radius 2 is 2.08 bits per heavy atom. The van der Waals surface area contributed by atoms with E-state index in [-0.39, 0.29) is 0 Å². The highest BCUT2D eigenvalue weighted by atomic mass is 35.5. The monoisotopic (exact) mass is 205 g/mol. The number of ether oxygens (including phenoxy) is 2. The van der Waals surface area contributed by atoms with Gasteiger partial charge in [0.15, 0.2) is 5.79 Å². The van der Waals surface area contributed by atoms with Crippen molar-refractivity contribution < 1.29 is 14.3 Å². The zero-order valence-electron chi connectivity index (χ0n) is 7.29. The lowest BCUT2D eigenvalue weighted by Gasteiger charge is -2.37. The number of rotatable bonds is 0. The SMILES string of the molecule is O=C(Cl)N1CCCC2(C1)OCCO2. The Morgan fingerprint density at radius 1 is 1.38 bits per heavy atom. The van der Waals surface area contributed by atoms with E-state index in [1.54, 1.807) is 4.90 Å². The maximum atomic E-state index is 10.9. The molecule has 2 aliphatic heterocycles. The van der Waals surface area contributed by atoms with Gasteiger partial charge in [-0.1, -0.05) is 0 Å². The summed E-state index contributed by atoms with van der Waals surface area (Å²) < 4.78 is 11.0. The number of amides is 1. The fourth-order valence-corrected chi connectivity index (χ4v) is 2.02. The van der Waals surface area contributed by atoms with Crippen LogP contribution >= 0.6 is 11.6 Å². The zero-order chi connectivity index (χ0) is 9.31. The number of hydrogen-bond acceptors (Lipinski definition) is 3. The highest BCUT2D eigenvalue weighted by Gasteiger charge is 2.41. The summed E-state index contributed by atoms with van der Waals surface area (Å²) >= 11 is 5.39. The van der Waals surface area contributed by atoms with Crippen molar-refractivity contribution in [1.29, 1.82) is 0 Å². The van der Waals surface area contributed by atoms with Crippen LogP contribution in [0.15, 0.2) is 0 Å². The molecule has 0 atom stereocenters. The predicted octanol–water partition coefficient (Wildman–Crippen LogP) is 1.18. The van der Waals surface area contributed by atoms with E-state index in [1.807, 2.05) is 0 Å². The number of hydrogen-bond donors (Lipinski definition) is 0. The molecule has 5 heteroatoms. The van der Waals surface area contributed by atoms with E-state index in [0.29, 0.717) is 26.3 Å². The highest BCUT2D eigenvalue weighted by Crippen LogP contribution is 2.30. The summed E-state index contributed by atoms with van der Waals surface area (Å²) in [6.45, 7) is 2.40. The largest absolute Gasteiger partial charge is 0.346 e. The van der Waals surface area contributed by atoms with Crippen molar-refractivity contribution in [1.82, 2.24) is 4.90 Å². The average molecular weight is 206 g/mol. The second-order valence-corrected chi connectivity index (χ2v) is 3.71. The van der Waals surface area contributed by atoms with Crippen molar-refractivity contribution in [2.75, 3.05) is 26.3 Å². The molecule has 0 bridgehead atoms. The maximum Gasteiger partial charge on any atom is 0.316 e. The number of carbonyl (C=O) groups excluding carboxylic acids is 1. The van der Waals surface area contributed by atoms with Crippen molar-refractivity contribution in [3.8, 4) is 0 Å². The summed E-state index contributed by atoms with van der Waals surface area (Å²) in [5.41, 5.74) is 0. The van der Waals surface area contributed by atoms with Gasteiger partial charge in [0.05, 0.1) is 19.8 Å². The Hall–Kier alpha value is -0.320. The van der Waals surface area contributed by atoms with E-state index in [9.17, 15) is 4.79 Å². The summed E-state index contributed by atoms with van der Waals surface area (Å²) in [6, 6.07) is 0. The Morgan fingerprint density at radius 3 is 2.69 bits per heavy atom. The number of nitrogens with zero attached hydrogens (tertiary/aromatic N) is 1. The number of piperidine rings is 1. The number of halogens is 1. The molecule has 0 aromatic rings. The predicted molar refractivity (Wildman–Crippen MR) is 46.7 cm³/mol. The molecule has 0 unspecified atom stereocenters. The van der Waals surface area contributed by atoms with E-state index >= 15 is 0 Å². The molecule has 1 amide bonds.